The molecule has 21 heavy (non-hydrogen) atoms. The predicted molar refractivity (Wildman–Crippen MR) is 75.6 cm³/mol. The summed E-state index contributed by atoms with van der Waals surface area (Å²) in [7, 11) is 1.52. The molecule has 0 fully saturated rings. The van der Waals surface area contributed by atoms with Crippen LogP contribution < -0.4 is 9.47 Å². The summed E-state index contributed by atoms with van der Waals surface area (Å²) in [5.74, 6) is 1.32. The Bertz CT molecular complexity index is 735. The highest BCUT2D eigenvalue weighted by Crippen LogP contribution is 2.31. The van der Waals surface area contributed by atoms with Crippen LogP contribution in [0.2, 0.25) is 0 Å². The van der Waals surface area contributed by atoms with E-state index in [1.807, 2.05) is 6.07 Å². The maximum atomic E-state index is 10.8. The van der Waals surface area contributed by atoms with Gasteiger partial charge in [-0.25, -0.2) is 0 Å². The van der Waals surface area contributed by atoms with Crippen molar-refractivity contribution in [1.29, 1.82) is 5.26 Å². The van der Waals surface area contributed by atoms with Gasteiger partial charge < -0.3 is 9.47 Å². The first-order valence-electron chi connectivity index (χ1n) is 6.06. The maximum Gasteiger partial charge on any atom is 0.272 e. The van der Waals surface area contributed by atoms with Crippen LogP contribution in [0.15, 0.2) is 36.4 Å². The molecule has 2 rings (SSSR count). The van der Waals surface area contributed by atoms with Crippen molar-refractivity contribution in [3.05, 3.63) is 57.6 Å². The Labute approximate surface area is 121 Å². The summed E-state index contributed by atoms with van der Waals surface area (Å²) in [5, 5.41) is 19.9. The molecule has 0 aliphatic heterocycles. The smallest absolute Gasteiger partial charge is 0.272 e. The van der Waals surface area contributed by atoms with Crippen molar-refractivity contribution in [3.63, 3.8) is 0 Å². The topological polar surface area (TPSA) is 85.4 Å². The standard InChI is InChI=1S/C15H12N2O4/c1-10-7-13(5-6-14(10)17(18)19)21-15-8-12(20-2)4-3-11(15)9-16/h3-8H,1-2H3. The first kappa shape index (κ1) is 14.3. The third-order valence-corrected chi connectivity index (χ3v) is 2.90. The Morgan fingerprint density at radius 2 is 1.90 bits per heavy atom. The molecule has 0 amide bonds. The first-order chi connectivity index (χ1) is 10.0. The number of hydrogen-bond donors (Lipinski definition) is 0. The molecule has 106 valence electrons. The van der Waals surface area contributed by atoms with Crippen LogP contribution in [0.4, 0.5) is 5.69 Å². The van der Waals surface area contributed by atoms with Gasteiger partial charge in [0.1, 0.15) is 23.3 Å². The number of ether oxygens (including phenoxy) is 2. The SMILES string of the molecule is COc1ccc(C#N)c(Oc2ccc([N+](=O)[O-])c(C)c2)c1. The number of nitro groups is 1. The van der Waals surface area contributed by atoms with E-state index in [1.54, 1.807) is 31.2 Å². The van der Waals surface area contributed by atoms with Gasteiger partial charge in [0, 0.05) is 17.7 Å². The second-order valence-electron chi connectivity index (χ2n) is 4.28. The molecular formula is C15H12N2O4. The number of benzene rings is 2. The number of nitriles is 1. The molecule has 6 nitrogen and oxygen atoms in total. The highest BCUT2D eigenvalue weighted by molar-refractivity contribution is 5.51. The zero-order valence-electron chi connectivity index (χ0n) is 11.5. The van der Waals surface area contributed by atoms with E-state index in [0.29, 0.717) is 28.4 Å². The molecule has 2 aromatic rings. The zero-order valence-corrected chi connectivity index (χ0v) is 11.5. The molecule has 0 aliphatic carbocycles. The minimum Gasteiger partial charge on any atom is -0.497 e. The van der Waals surface area contributed by atoms with Crippen molar-refractivity contribution in [1.82, 2.24) is 0 Å². The Balaban J connectivity index is 2.36. The van der Waals surface area contributed by atoms with E-state index in [1.165, 1.54) is 19.2 Å². The fraction of sp³-hybridized carbons (Fsp3) is 0.133. The fourth-order valence-corrected chi connectivity index (χ4v) is 1.83. The lowest BCUT2D eigenvalue weighted by molar-refractivity contribution is -0.385. The molecule has 6 heteroatoms. The van der Waals surface area contributed by atoms with Gasteiger partial charge in [-0.3, -0.25) is 10.1 Å². The van der Waals surface area contributed by atoms with E-state index in [0.717, 1.165) is 0 Å². The second kappa shape index (κ2) is 5.92. The van der Waals surface area contributed by atoms with Gasteiger partial charge in [0.05, 0.1) is 17.6 Å². The molecule has 0 aromatic heterocycles. The number of methoxy groups -OCH3 is 1. The van der Waals surface area contributed by atoms with Gasteiger partial charge in [0.2, 0.25) is 0 Å². The van der Waals surface area contributed by atoms with Crippen molar-refractivity contribution in [2.45, 2.75) is 6.92 Å². The summed E-state index contributed by atoms with van der Waals surface area (Å²) in [6.45, 7) is 1.63. The molecule has 0 heterocycles. The summed E-state index contributed by atoms with van der Waals surface area (Å²) in [6.07, 6.45) is 0. The lowest BCUT2D eigenvalue weighted by Crippen LogP contribution is -1.94. The van der Waals surface area contributed by atoms with Crippen LogP contribution in [-0.2, 0) is 0 Å². The Morgan fingerprint density at radius 1 is 1.19 bits per heavy atom. The van der Waals surface area contributed by atoms with E-state index in [4.69, 9.17) is 14.7 Å². The van der Waals surface area contributed by atoms with Gasteiger partial charge in [-0.05, 0) is 31.2 Å². The largest absolute Gasteiger partial charge is 0.497 e. The van der Waals surface area contributed by atoms with Gasteiger partial charge in [-0.2, -0.15) is 5.26 Å². The monoisotopic (exact) mass is 284 g/mol. The number of nitro benzene ring substituents is 1. The van der Waals surface area contributed by atoms with Crippen molar-refractivity contribution in [2.75, 3.05) is 7.11 Å². The lowest BCUT2D eigenvalue weighted by atomic mass is 10.2. The Hall–Kier alpha value is -3.07. The van der Waals surface area contributed by atoms with Gasteiger partial charge in [-0.1, -0.05) is 0 Å². The minimum absolute atomic E-state index is 0.0218. The quantitative estimate of drug-likeness (QED) is 0.632. The van der Waals surface area contributed by atoms with Gasteiger partial charge in [-0.15, -0.1) is 0 Å². The molecular weight excluding hydrogens is 272 g/mol. The molecule has 0 N–H and O–H groups in total. The van der Waals surface area contributed by atoms with Crippen LogP contribution >= 0.6 is 0 Å². The summed E-state index contributed by atoms with van der Waals surface area (Å²) in [6, 6.07) is 11.3. The van der Waals surface area contributed by atoms with Gasteiger partial charge >= 0.3 is 0 Å². The molecule has 0 saturated carbocycles. The summed E-state index contributed by atoms with van der Waals surface area (Å²) in [4.78, 5) is 10.3. The van der Waals surface area contributed by atoms with Gasteiger partial charge in [0.25, 0.3) is 5.69 Å². The zero-order chi connectivity index (χ0) is 15.4. The van der Waals surface area contributed by atoms with E-state index < -0.39 is 4.92 Å². The molecule has 2 aromatic carbocycles. The maximum absolute atomic E-state index is 10.8. The third-order valence-electron chi connectivity index (χ3n) is 2.90. The van der Waals surface area contributed by atoms with E-state index in [2.05, 4.69) is 0 Å². The van der Waals surface area contributed by atoms with Crippen molar-refractivity contribution >= 4 is 5.69 Å². The van der Waals surface area contributed by atoms with E-state index in [9.17, 15) is 10.1 Å². The minimum atomic E-state index is -0.453. The van der Waals surface area contributed by atoms with Crippen LogP contribution in [0.3, 0.4) is 0 Å². The van der Waals surface area contributed by atoms with Crippen LogP contribution in [0, 0.1) is 28.4 Å². The fourth-order valence-electron chi connectivity index (χ4n) is 1.83. The average molecular weight is 284 g/mol. The molecule has 0 atom stereocenters. The molecule has 0 spiro atoms. The third kappa shape index (κ3) is 3.09. The summed E-state index contributed by atoms with van der Waals surface area (Å²) < 4.78 is 10.7. The number of nitrogens with zero attached hydrogens (tertiary/aromatic N) is 2. The van der Waals surface area contributed by atoms with Crippen molar-refractivity contribution in [3.8, 4) is 23.3 Å². The summed E-state index contributed by atoms with van der Waals surface area (Å²) in [5.41, 5.74) is 0.860. The lowest BCUT2D eigenvalue weighted by Gasteiger charge is -2.09. The first-order valence-corrected chi connectivity index (χ1v) is 6.06. The van der Waals surface area contributed by atoms with Crippen LogP contribution in [-0.4, -0.2) is 12.0 Å². The highest BCUT2D eigenvalue weighted by atomic mass is 16.6. The molecule has 0 saturated heterocycles. The molecule has 0 bridgehead atoms. The van der Waals surface area contributed by atoms with Crippen LogP contribution in [0.25, 0.3) is 0 Å². The molecule has 0 radical (unpaired) electrons. The molecule has 0 aliphatic rings. The normalized spacial score (nSPS) is 9.76. The van der Waals surface area contributed by atoms with E-state index >= 15 is 0 Å². The second-order valence-corrected chi connectivity index (χ2v) is 4.28. The Morgan fingerprint density at radius 3 is 2.48 bits per heavy atom. The van der Waals surface area contributed by atoms with Crippen LogP contribution in [0.5, 0.6) is 17.2 Å². The van der Waals surface area contributed by atoms with E-state index in [-0.39, 0.29) is 5.69 Å². The Kier molecular flexibility index (Phi) is 4.05. The predicted octanol–water partition coefficient (Wildman–Crippen LogP) is 3.58. The summed E-state index contributed by atoms with van der Waals surface area (Å²) >= 11 is 0. The number of hydrogen-bond acceptors (Lipinski definition) is 5. The molecule has 0 unspecified atom stereocenters. The van der Waals surface area contributed by atoms with Crippen LogP contribution in [0.1, 0.15) is 11.1 Å². The van der Waals surface area contributed by atoms with Crippen molar-refractivity contribution < 1.29 is 14.4 Å². The van der Waals surface area contributed by atoms with Crippen molar-refractivity contribution in [2.24, 2.45) is 0 Å². The average Bonchev–Trinajstić information content (AvgIpc) is 2.46. The number of aryl methyl sites for hydroxylation is 1. The highest BCUT2D eigenvalue weighted by Gasteiger charge is 2.12. The number of rotatable bonds is 4. The van der Waals surface area contributed by atoms with Gasteiger partial charge in [0.15, 0.2) is 0 Å².